The molecular weight excluding hydrogens is 376 g/mol. The fourth-order valence-corrected chi connectivity index (χ4v) is 4.56. The summed E-state index contributed by atoms with van der Waals surface area (Å²) in [5.74, 6) is -0.903. The maximum Gasteiger partial charge on any atom is 0.312 e. The average molecular weight is 419 g/mol. The van der Waals surface area contributed by atoms with Gasteiger partial charge in [0.2, 0.25) is 0 Å². The van der Waals surface area contributed by atoms with Crippen LogP contribution in [-0.4, -0.2) is 31.1 Å². The van der Waals surface area contributed by atoms with Crippen molar-refractivity contribution >= 4 is 12.3 Å². The molecule has 30 heavy (non-hydrogen) atoms. The van der Waals surface area contributed by atoms with Crippen molar-refractivity contribution in [2.75, 3.05) is 6.61 Å². The lowest BCUT2D eigenvalue weighted by atomic mass is 9.80. The molecule has 4 unspecified atom stereocenters. The molecule has 2 fully saturated rings. The van der Waals surface area contributed by atoms with Crippen LogP contribution in [0.25, 0.3) is 0 Å². The Morgan fingerprint density at radius 1 is 0.867 bits per heavy atom. The summed E-state index contributed by atoms with van der Waals surface area (Å²) in [5.41, 5.74) is 0. The minimum absolute atomic E-state index is 0.0630. The van der Waals surface area contributed by atoms with Crippen LogP contribution < -0.4 is 0 Å². The van der Waals surface area contributed by atoms with E-state index in [0.29, 0.717) is 6.61 Å². The van der Waals surface area contributed by atoms with Gasteiger partial charge in [0.05, 0.1) is 30.7 Å². The summed E-state index contributed by atoms with van der Waals surface area (Å²) in [5, 5.41) is 0. The number of ether oxygens (including phenoxy) is 2. The smallest absolute Gasteiger partial charge is 0.312 e. The van der Waals surface area contributed by atoms with E-state index >= 15 is 0 Å². The lowest BCUT2D eigenvalue weighted by Crippen LogP contribution is -2.35. The summed E-state index contributed by atoms with van der Waals surface area (Å²) >= 11 is 0. The molecule has 2 bridgehead atoms. The third kappa shape index (κ3) is 8.75. The van der Waals surface area contributed by atoms with Crippen molar-refractivity contribution in [2.45, 2.75) is 109 Å². The van der Waals surface area contributed by atoms with Gasteiger partial charge >= 0.3 is 5.97 Å². The van der Waals surface area contributed by atoms with Crippen LogP contribution in [0.3, 0.4) is 0 Å². The lowest BCUT2D eigenvalue weighted by molar-refractivity contribution is -0.152. The van der Waals surface area contributed by atoms with Crippen molar-refractivity contribution in [1.29, 1.82) is 0 Å². The molecule has 0 aromatic rings. The molecule has 2 rings (SSSR count). The van der Waals surface area contributed by atoms with Crippen LogP contribution in [0, 0.1) is 11.8 Å². The normalized spacial score (nSPS) is 25.5. The highest BCUT2D eigenvalue weighted by Crippen LogP contribution is 2.43. The van der Waals surface area contributed by atoms with Gasteiger partial charge in [-0.15, -0.1) is 0 Å². The first-order valence-electron chi connectivity index (χ1n) is 12.3. The number of hydrogen-bond acceptors (Lipinski definition) is 4. The van der Waals surface area contributed by atoms with Crippen molar-refractivity contribution in [1.82, 2.24) is 0 Å². The zero-order valence-corrected chi connectivity index (χ0v) is 18.9. The highest BCUT2D eigenvalue weighted by atomic mass is 16.5. The molecule has 0 aromatic heterocycles. The standard InChI is InChI=1S/C26H42O4/c1-2-3-4-5-6-7-8-9-10-11-12-13-14-15-16-17-20-29-26(28)25-22(21-27)23-18-19-24(25)30-23/h6-7,9-10,21-25H,2-5,8,11-20H2,1H3/b7-6+,10-9+. The van der Waals surface area contributed by atoms with Gasteiger partial charge in [-0.05, 0) is 51.4 Å². The van der Waals surface area contributed by atoms with E-state index in [2.05, 4.69) is 31.2 Å². The molecule has 4 heteroatoms. The number of carbonyl (C=O) groups is 2. The van der Waals surface area contributed by atoms with Crippen molar-refractivity contribution in [3.8, 4) is 0 Å². The number of aldehydes is 1. The highest BCUT2D eigenvalue weighted by Gasteiger charge is 2.52. The summed E-state index contributed by atoms with van der Waals surface area (Å²) in [4.78, 5) is 23.5. The summed E-state index contributed by atoms with van der Waals surface area (Å²) in [6.45, 7) is 2.71. The van der Waals surface area contributed by atoms with Gasteiger partial charge in [-0.2, -0.15) is 0 Å². The zero-order chi connectivity index (χ0) is 21.4. The van der Waals surface area contributed by atoms with Crippen molar-refractivity contribution in [3.05, 3.63) is 24.3 Å². The molecule has 170 valence electrons. The van der Waals surface area contributed by atoms with Crippen molar-refractivity contribution in [3.63, 3.8) is 0 Å². The van der Waals surface area contributed by atoms with Gasteiger partial charge in [-0.1, -0.05) is 69.8 Å². The molecule has 2 saturated heterocycles. The number of esters is 1. The molecule has 0 amide bonds. The predicted molar refractivity (Wildman–Crippen MR) is 121 cm³/mol. The largest absolute Gasteiger partial charge is 0.465 e. The third-order valence-electron chi connectivity index (χ3n) is 6.35. The molecule has 0 N–H and O–H groups in total. The number of fused-ring (bicyclic) bond motifs is 2. The zero-order valence-electron chi connectivity index (χ0n) is 18.9. The summed E-state index contributed by atoms with van der Waals surface area (Å²) in [6.07, 6.45) is 26.0. The molecule has 0 radical (unpaired) electrons. The van der Waals surface area contributed by atoms with E-state index in [0.717, 1.165) is 38.4 Å². The van der Waals surface area contributed by atoms with Crippen LogP contribution in [0.15, 0.2) is 24.3 Å². The van der Waals surface area contributed by atoms with Crippen LogP contribution in [0.4, 0.5) is 0 Å². The van der Waals surface area contributed by atoms with E-state index < -0.39 is 0 Å². The minimum atomic E-state index is -0.370. The first-order valence-corrected chi connectivity index (χ1v) is 12.3. The topological polar surface area (TPSA) is 52.6 Å². The second-order valence-electron chi connectivity index (χ2n) is 8.78. The van der Waals surface area contributed by atoms with Crippen molar-refractivity contribution in [2.24, 2.45) is 11.8 Å². The van der Waals surface area contributed by atoms with Gasteiger partial charge in [-0.25, -0.2) is 0 Å². The van der Waals surface area contributed by atoms with Gasteiger partial charge < -0.3 is 14.3 Å². The highest BCUT2D eigenvalue weighted by molar-refractivity contribution is 5.78. The molecule has 0 aromatic carbocycles. The Bertz CT molecular complexity index is 539. The fourth-order valence-electron chi connectivity index (χ4n) is 4.56. The van der Waals surface area contributed by atoms with Gasteiger partial charge in [0.1, 0.15) is 6.29 Å². The van der Waals surface area contributed by atoms with E-state index in [1.807, 2.05) is 0 Å². The van der Waals surface area contributed by atoms with Crippen LogP contribution in [-0.2, 0) is 19.1 Å². The molecule has 0 saturated carbocycles. The Morgan fingerprint density at radius 2 is 1.50 bits per heavy atom. The Morgan fingerprint density at radius 3 is 2.20 bits per heavy atom. The van der Waals surface area contributed by atoms with Crippen molar-refractivity contribution < 1.29 is 19.1 Å². The maximum atomic E-state index is 12.3. The Hall–Kier alpha value is -1.42. The molecule has 2 aliphatic heterocycles. The van der Waals surface area contributed by atoms with Crippen LogP contribution in [0.1, 0.15) is 96.8 Å². The van der Waals surface area contributed by atoms with Crippen LogP contribution in [0.5, 0.6) is 0 Å². The minimum Gasteiger partial charge on any atom is -0.465 e. The van der Waals surface area contributed by atoms with Gasteiger partial charge in [-0.3, -0.25) is 4.79 Å². The molecule has 0 spiro atoms. The summed E-state index contributed by atoms with van der Waals surface area (Å²) in [6, 6.07) is 0. The molecule has 4 nitrogen and oxygen atoms in total. The summed E-state index contributed by atoms with van der Waals surface area (Å²) in [7, 11) is 0. The summed E-state index contributed by atoms with van der Waals surface area (Å²) < 4.78 is 11.1. The number of allylic oxidation sites excluding steroid dienone is 4. The second-order valence-corrected chi connectivity index (χ2v) is 8.78. The fraction of sp³-hybridized carbons (Fsp3) is 0.769. The van der Waals surface area contributed by atoms with E-state index in [1.54, 1.807) is 0 Å². The monoisotopic (exact) mass is 418 g/mol. The first kappa shape index (κ1) is 24.8. The van der Waals surface area contributed by atoms with E-state index in [4.69, 9.17) is 9.47 Å². The third-order valence-corrected chi connectivity index (χ3v) is 6.35. The molecule has 4 atom stereocenters. The Balaban J connectivity index is 1.37. The van der Waals surface area contributed by atoms with Crippen LogP contribution >= 0.6 is 0 Å². The Labute approximate surface area is 183 Å². The average Bonchev–Trinajstić information content (AvgIpc) is 3.37. The first-order chi connectivity index (χ1) is 14.8. The van der Waals surface area contributed by atoms with Gasteiger partial charge in [0.25, 0.3) is 0 Å². The SMILES string of the molecule is CCCCC/C=C/C/C=C/CCCCCCCCOC(=O)C1C2CCC(O2)C1C=O. The number of rotatable bonds is 17. The molecule has 0 aliphatic carbocycles. The molecule has 2 heterocycles. The van der Waals surface area contributed by atoms with E-state index in [1.165, 1.54) is 57.8 Å². The predicted octanol–water partition coefficient (Wildman–Crippen LogP) is 6.34. The van der Waals surface area contributed by atoms with E-state index in [-0.39, 0.29) is 30.0 Å². The number of unbranched alkanes of at least 4 members (excludes halogenated alkanes) is 9. The quantitative estimate of drug-likeness (QED) is 0.120. The van der Waals surface area contributed by atoms with Gasteiger partial charge in [0, 0.05) is 0 Å². The molecule has 2 aliphatic rings. The number of hydrogen-bond donors (Lipinski definition) is 0. The number of carbonyl (C=O) groups excluding carboxylic acids is 2. The van der Waals surface area contributed by atoms with Gasteiger partial charge in [0.15, 0.2) is 0 Å². The van der Waals surface area contributed by atoms with Crippen LogP contribution in [0.2, 0.25) is 0 Å². The second kappa shape index (κ2) is 15.4. The van der Waals surface area contributed by atoms with E-state index in [9.17, 15) is 9.59 Å². The lowest BCUT2D eigenvalue weighted by Gasteiger charge is -2.22. The molecular formula is C26H42O4. The maximum absolute atomic E-state index is 12.3. The Kier molecular flexibility index (Phi) is 12.7.